The molecule has 11 heavy (non-hydrogen) atoms. The van der Waals surface area contributed by atoms with Gasteiger partial charge in [-0.1, -0.05) is 0 Å². The molecule has 2 aromatic rings. The highest BCUT2D eigenvalue weighted by molar-refractivity contribution is 14.1. The molecule has 2 radical (unpaired) electrons. The predicted molar refractivity (Wildman–Crippen MR) is 58.7 cm³/mol. The Morgan fingerprint density at radius 1 is 1.55 bits per heavy atom. The van der Waals surface area contributed by atoms with E-state index in [9.17, 15) is 0 Å². The summed E-state index contributed by atoms with van der Waals surface area (Å²) in [7, 11) is 0. The molecule has 0 fully saturated rings. The second-order valence-corrected chi connectivity index (χ2v) is 3.67. The third-order valence-electron chi connectivity index (χ3n) is 1.72. The molecule has 1 aromatic heterocycles. The highest BCUT2D eigenvalue weighted by Gasteiger charge is 1.97. The van der Waals surface area contributed by atoms with E-state index >= 15 is 0 Å². The zero-order valence-electron chi connectivity index (χ0n) is 6.89. The van der Waals surface area contributed by atoms with Crippen molar-refractivity contribution in [2.24, 2.45) is 0 Å². The average molecular weight is 259 g/mol. The van der Waals surface area contributed by atoms with Crippen LogP contribution in [0.3, 0.4) is 0 Å². The van der Waals surface area contributed by atoms with E-state index in [-0.39, 0.29) is 2.85 Å². The van der Waals surface area contributed by atoms with E-state index in [2.05, 4.69) is 52.7 Å². The van der Waals surface area contributed by atoms with Gasteiger partial charge in [-0.05, 0) is 58.7 Å². The Morgan fingerprint density at radius 2 is 2.36 bits per heavy atom. The maximum atomic E-state index is 3.93. The molecule has 2 heteroatoms. The van der Waals surface area contributed by atoms with Gasteiger partial charge in [-0.15, -0.1) is 0 Å². The molecule has 0 saturated carbocycles. The summed E-state index contributed by atoms with van der Waals surface area (Å²) in [5.74, 6) is 0. The summed E-state index contributed by atoms with van der Waals surface area (Å²) in [6.45, 7) is 3.93. The molecule has 0 spiro atoms. The Hall–Kier alpha value is -0.510. The van der Waals surface area contributed by atoms with Crippen LogP contribution >= 0.6 is 22.6 Å². The van der Waals surface area contributed by atoms with Crippen molar-refractivity contribution >= 4 is 33.5 Å². The minimum Gasteiger partial charge on any atom is -0.361 e. The fraction of sp³-hybridized carbons (Fsp3) is 0. The van der Waals surface area contributed by atoms with Crippen LogP contribution in [-0.4, -0.2) is 4.98 Å². The van der Waals surface area contributed by atoms with Crippen molar-refractivity contribution in [1.29, 1.82) is 0 Å². The minimum absolute atomic E-state index is 0. The number of hydrogen-bond donors (Lipinski definition) is 1. The summed E-state index contributed by atoms with van der Waals surface area (Å²) in [5.41, 5.74) is 2.28. The van der Waals surface area contributed by atoms with Gasteiger partial charge in [0.05, 0.1) is 0 Å². The molecule has 1 heterocycles. The molecule has 0 amide bonds. The number of H-pyrrole nitrogens is 1. The molecule has 1 nitrogen and oxygen atoms in total. The fourth-order valence-corrected chi connectivity index (χ4v) is 1.59. The fourth-order valence-electron chi connectivity index (χ4n) is 1.12. The van der Waals surface area contributed by atoms with Crippen molar-refractivity contribution < 1.29 is 2.85 Å². The molecule has 1 aromatic carbocycles. The molecule has 0 atom stereocenters. The van der Waals surface area contributed by atoms with Gasteiger partial charge in [0.1, 0.15) is 0 Å². The quantitative estimate of drug-likeness (QED) is 0.698. The van der Waals surface area contributed by atoms with Gasteiger partial charge in [0.25, 0.3) is 0 Å². The minimum atomic E-state index is 0. The average Bonchev–Trinajstić information content (AvgIpc) is 2.36. The zero-order valence-corrected chi connectivity index (χ0v) is 8.05. The van der Waals surface area contributed by atoms with Gasteiger partial charge in [-0.25, -0.2) is 0 Å². The second kappa shape index (κ2) is 2.52. The molecule has 0 aliphatic carbocycles. The standard InChI is InChI=1S/C9H7IN.H2.H/c1-6-4-7-2-3-11-9(7)5-8(6)10;;/h2-5,11H,1H2;1H;. The topological polar surface area (TPSA) is 15.8 Å². The first kappa shape index (κ1) is 7.16. The molecule has 0 unspecified atom stereocenters. The summed E-state index contributed by atoms with van der Waals surface area (Å²) in [5, 5.41) is 1.23. The molecule has 58 valence electrons. The molecule has 0 saturated heterocycles. The number of nitrogens with one attached hydrogen (secondary N) is 1. The maximum absolute atomic E-state index is 3.93. The lowest BCUT2D eigenvalue weighted by Crippen LogP contribution is -1.78. The van der Waals surface area contributed by atoms with Crippen molar-refractivity contribution in [2.45, 2.75) is 0 Å². The van der Waals surface area contributed by atoms with Crippen LogP contribution in [0.25, 0.3) is 10.9 Å². The summed E-state index contributed by atoms with van der Waals surface area (Å²) < 4.78 is 1.21. The van der Waals surface area contributed by atoms with E-state index in [1.54, 1.807) is 0 Å². The molecule has 1 N–H and O–H groups in total. The Kier molecular flexibility index (Phi) is 1.64. The normalized spacial score (nSPS) is 10.7. The van der Waals surface area contributed by atoms with Crippen molar-refractivity contribution in [3.63, 3.8) is 0 Å². The highest BCUT2D eigenvalue weighted by atomic mass is 127. The molecule has 0 aliphatic heterocycles. The van der Waals surface area contributed by atoms with Crippen molar-refractivity contribution in [3.8, 4) is 0 Å². The molecular weight excluding hydrogens is 249 g/mol. The van der Waals surface area contributed by atoms with Crippen molar-refractivity contribution in [2.75, 3.05) is 0 Å². The predicted octanol–water partition coefficient (Wildman–Crippen LogP) is 3.31. The molecular formula is C9H10IN. The van der Waals surface area contributed by atoms with Gasteiger partial charge in [-0.3, -0.25) is 0 Å². The van der Waals surface area contributed by atoms with Gasteiger partial charge in [0.2, 0.25) is 0 Å². The number of rotatable bonds is 0. The number of hydrogen-bond acceptors (Lipinski definition) is 0. The molecule has 0 bridgehead atoms. The number of aromatic nitrogens is 1. The monoisotopic (exact) mass is 259 g/mol. The summed E-state index contributed by atoms with van der Waals surface area (Å²) in [6.07, 6.45) is 1.94. The third-order valence-corrected chi connectivity index (χ3v) is 2.72. The van der Waals surface area contributed by atoms with E-state index in [0.29, 0.717) is 0 Å². The Labute approximate surface area is 81.9 Å². The first-order chi connectivity index (χ1) is 5.27. The van der Waals surface area contributed by atoms with Crippen LogP contribution in [0.4, 0.5) is 0 Å². The Balaban J connectivity index is 0.000000720. The van der Waals surface area contributed by atoms with Crippen LogP contribution in [0.1, 0.15) is 8.42 Å². The van der Waals surface area contributed by atoms with Gasteiger partial charge in [0, 0.05) is 18.1 Å². The largest absolute Gasteiger partial charge is 0.361 e. The van der Waals surface area contributed by atoms with Crippen molar-refractivity contribution in [1.82, 2.24) is 4.98 Å². The first-order valence-electron chi connectivity index (χ1n) is 3.36. The second-order valence-electron chi connectivity index (χ2n) is 2.51. The lowest BCUT2D eigenvalue weighted by atomic mass is 10.2. The maximum Gasteiger partial charge on any atom is 0.0464 e. The number of halogens is 1. The van der Waals surface area contributed by atoms with Gasteiger partial charge in [-0.2, -0.15) is 0 Å². The lowest BCUT2D eigenvalue weighted by Gasteiger charge is -1.96. The van der Waals surface area contributed by atoms with Gasteiger partial charge >= 0.3 is 0 Å². The van der Waals surface area contributed by atoms with Crippen LogP contribution in [0.2, 0.25) is 0 Å². The molecule has 0 aliphatic rings. The first-order valence-corrected chi connectivity index (χ1v) is 4.44. The Bertz CT molecular complexity index is 361. The highest BCUT2D eigenvalue weighted by Crippen LogP contribution is 2.19. The smallest absolute Gasteiger partial charge is 0.0464 e. The van der Waals surface area contributed by atoms with Crippen LogP contribution in [0.5, 0.6) is 0 Å². The number of benzene rings is 1. The van der Waals surface area contributed by atoms with Gasteiger partial charge in [0.15, 0.2) is 0 Å². The van der Waals surface area contributed by atoms with E-state index in [1.807, 2.05) is 6.20 Å². The SMILES string of the molecule is [CH2]c1cc2cc[nH]c2cc1I.[HH].[H]. The van der Waals surface area contributed by atoms with E-state index in [1.165, 1.54) is 14.5 Å². The van der Waals surface area contributed by atoms with E-state index in [4.69, 9.17) is 0 Å². The molecule has 2 rings (SSSR count). The van der Waals surface area contributed by atoms with Crippen LogP contribution < -0.4 is 0 Å². The third kappa shape index (κ3) is 1.15. The van der Waals surface area contributed by atoms with Gasteiger partial charge < -0.3 is 4.98 Å². The van der Waals surface area contributed by atoms with E-state index in [0.717, 1.165) is 5.56 Å². The number of aromatic amines is 1. The van der Waals surface area contributed by atoms with Crippen LogP contribution in [0.15, 0.2) is 24.4 Å². The number of fused-ring (bicyclic) bond motifs is 1. The Morgan fingerprint density at radius 3 is 3.18 bits per heavy atom. The van der Waals surface area contributed by atoms with Crippen LogP contribution in [0, 0.1) is 10.5 Å². The van der Waals surface area contributed by atoms with Crippen molar-refractivity contribution in [3.05, 3.63) is 40.5 Å². The lowest BCUT2D eigenvalue weighted by molar-refractivity contribution is 1.47. The summed E-state index contributed by atoms with van der Waals surface area (Å²) >= 11 is 2.29. The summed E-state index contributed by atoms with van der Waals surface area (Å²) in [4.78, 5) is 3.16. The zero-order chi connectivity index (χ0) is 7.84. The van der Waals surface area contributed by atoms with Crippen LogP contribution in [-0.2, 0) is 0 Å². The van der Waals surface area contributed by atoms with E-state index < -0.39 is 0 Å². The summed E-state index contributed by atoms with van der Waals surface area (Å²) in [6, 6.07) is 6.26.